The molecule has 1 heterocycles. The molecule has 1 aliphatic carbocycles. The van der Waals surface area contributed by atoms with E-state index in [4.69, 9.17) is 5.11 Å². The Labute approximate surface area is 60.1 Å². The molecule has 3 heteroatoms. The van der Waals surface area contributed by atoms with Crippen molar-refractivity contribution in [3.05, 3.63) is 0 Å². The third-order valence-corrected chi connectivity index (χ3v) is 2.58. The van der Waals surface area contributed by atoms with Crippen molar-refractivity contribution in [2.24, 2.45) is 0 Å². The summed E-state index contributed by atoms with van der Waals surface area (Å²) in [6.07, 6.45) is 2.01. The summed E-state index contributed by atoms with van der Waals surface area (Å²) in [7, 11) is 0. The highest BCUT2D eigenvalue weighted by Gasteiger charge is 2.47. The van der Waals surface area contributed by atoms with Gasteiger partial charge in [0.2, 0.25) is 0 Å². The number of aliphatic hydroxyl groups excluding tert-OH is 2. The fourth-order valence-electron chi connectivity index (χ4n) is 1.60. The van der Waals surface area contributed by atoms with Crippen LogP contribution < -0.4 is 5.32 Å². The first kappa shape index (κ1) is 6.58. The first-order valence-corrected chi connectivity index (χ1v) is 3.83. The molecule has 2 rings (SSSR count). The highest BCUT2D eigenvalue weighted by atomic mass is 16.3. The second-order valence-corrected chi connectivity index (χ2v) is 3.50. The minimum absolute atomic E-state index is 0.221. The predicted molar refractivity (Wildman–Crippen MR) is 36.6 cm³/mol. The van der Waals surface area contributed by atoms with E-state index in [1.807, 2.05) is 0 Å². The number of rotatable bonds is 0. The van der Waals surface area contributed by atoms with E-state index >= 15 is 0 Å². The van der Waals surface area contributed by atoms with Gasteiger partial charge in [-0.05, 0) is 19.3 Å². The molecule has 10 heavy (non-hydrogen) atoms. The predicted octanol–water partition coefficient (Wildman–Crippen LogP) is -0.766. The average Bonchev–Trinajstić information content (AvgIpc) is 2.62. The Bertz CT molecular complexity index is 145. The molecular weight excluding hydrogens is 130 g/mol. The molecule has 3 nitrogen and oxygen atoms in total. The van der Waals surface area contributed by atoms with Gasteiger partial charge in [-0.25, -0.2) is 0 Å². The number of hydrogen-bond donors (Lipinski definition) is 3. The van der Waals surface area contributed by atoms with Gasteiger partial charge >= 0.3 is 0 Å². The Balaban J connectivity index is 1.98. The molecule has 0 amide bonds. The number of β-amino-alcohol motifs (C(OH)–C–C–N with tert-alkyl or cyclic N) is 1. The fraction of sp³-hybridized carbons (Fsp3) is 1.00. The number of piperidine rings is 1. The van der Waals surface area contributed by atoms with Gasteiger partial charge in [0.05, 0.1) is 12.2 Å². The Morgan fingerprint density at radius 3 is 2.40 bits per heavy atom. The average molecular weight is 143 g/mol. The third-order valence-electron chi connectivity index (χ3n) is 2.58. The Morgan fingerprint density at radius 1 is 1.20 bits per heavy atom. The van der Waals surface area contributed by atoms with Gasteiger partial charge in [-0.3, -0.25) is 0 Å². The zero-order chi connectivity index (χ0) is 7.19. The van der Waals surface area contributed by atoms with Crippen molar-refractivity contribution in [1.29, 1.82) is 0 Å². The highest BCUT2D eigenvalue weighted by molar-refractivity contribution is 5.07. The van der Waals surface area contributed by atoms with Crippen molar-refractivity contribution in [3.8, 4) is 0 Å². The van der Waals surface area contributed by atoms with Crippen LogP contribution in [0.2, 0.25) is 0 Å². The third kappa shape index (κ3) is 0.944. The van der Waals surface area contributed by atoms with E-state index in [0.29, 0.717) is 6.54 Å². The van der Waals surface area contributed by atoms with Crippen LogP contribution in [0.5, 0.6) is 0 Å². The van der Waals surface area contributed by atoms with Crippen LogP contribution in [-0.4, -0.2) is 34.5 Å². The summed E-state index contributed by atoms with van der Waals surface area (Å²) in [5.74, 6) is 0. The van der Waals surface area contributed by atoms with E-state index in [1.165, 1.54) is 0 Å². The minimum atomic E-state index is -0.550. The van der Waals surface area contributed by atoms with Crippen molar-refractivity contribution in [2.75, 3.05) is 6.54 Å². The Hall–Kier alpha value is -0.120. The first-order valence-electron chi connectivity index (χ1n) is 3.83. The van der Waals surface area contributed by atoms with E-state index < -0.39 is 12.2 Å². The number of hydrogen-bond acceptors (Lipinski definition) is 3. The molecule has 1 saturated heterocycles. The van der Waals surface area contributed by atoms with E-state index in [9.17, 15) is 5.11 Å². The normalized spacial score (nSPS) is 43.8. The molecule has 0 radical (unpaired) electrons. The van der Waals surface area contributed by atoms with Crippen molar-refractivity contribution in [3.63, 3.8) is 0 Å². The zero-order valence-corrected chi connectivity index (χ0v) is 5.88. The van der Waals surface area contributed by atoms with Crippen LogP contribution in [0.1, 0.15) is 19.3 Å². The molecule has 0 bridgehead atoms. The maximum absolute atomic E-state index is 9.26. The van der Waals surface area contributed by atoms with E-state index in [-0.39, 0.29) is 5.54 Å². The van der Waals surface area contributed by atoms with Crippen LogP contribution in [0.3, 0.4) is 0 Å². The lowest BCUT2D eigenvalue weighted by molar-refractivity contribution is -0.0159. The smallest absolute Gasteiger partial charge is 0.0923 e. The molecule has 2 atom stereocenters. The van der Waals surface area contributed by atoms with Crippen LogP contribution in [0.15, 0.2) is 0 Å². The summed E-state index contributed by atoms with van der Waals surface area (Å²) in [6.45, 7) is 0.557. The molecular formula is C7H13NO2. The first-order chi connectivity index (χ1) is 4.72. The van der Waals surface area contributed by atoms with Crippen molar-refractivity contribution in [1.82, 2.24) is 5.32 Å². The van der Waals surface area contributed by atoms with E-state index in [0.717, 1.165) is 19.3 Å². The second kappa shape index (κ2) is 1.94. The highest BCUT2D eigenvalue weighted by Crippen LogP contribution is 2.41. The molecule has 0 aromatic rings. The van der Waals surface area contributed by atoms with Crippen LogP contribution in [0, 0.1) is 0 Å². The van der Waals surface area contributed by atoms with Crippen LogP contribution in [0.4, 0.5) is 0 Å². The lowest BCUT2D eigenvalue weighted by atomic mass is 9.98. The lowest BCUT2D eigenvalue weighted by Crippen LogP contribution is -2.51. The molecule has 2 unspecified atom stereocenters. The van der Waals surface area contributed by atoms with Crippen molar-refractivity contribution < 1.29 is 10.2 Å². The number of aliphatic hydroxyl groups is 2. The fourth-order valence-corrected chi connectivity index (χ4v) is 1.60. The van der Waals surface area contributed by atoms with Gasteiger partial charge in [-0.2, -0.15) is 0 Å². The van der Waals surface area contributed by atoms with Crippen molar-refractivity contribution in [2.45, 2.75) is 37.0 Å². The van der Waals surface area contributed by atoms with Crippen LogP contribution >= 0.6 is 0 Å². The maximum atomic E-state index is 9.26. The van der Waals surface area contributed by atoms with Gasteiger partial charge in [-0.1, -0.05) is 0 Å². The zero-order valence-electron chi connectivity index (χ0n) is 5.88. The summed E-state index contributed by atoms with van der Waals surface area (Å²) >= 11 is 0. The van der Waals surface area contributed by atoms with Gasteiger partial charge in [-0.15, -0.1) is 0 Å². The summed E-state index contributed by atoms with van der Waals surface area (Å²) in [6, 6.07) is 0. The summed E-state index contributed by atoms with van der Waals surface area (Å²) in [5.41, 5.74) is 0.221. The van der Waals surface area contributed by atoms with Gasteiger partial charge in [0, 0.05) is 12.1 Å². The lowest BCUT2D eigenvalue weighted by Gasteiger charge is -2.31. The summed E-state index contributed by atoms with van der Waals surface area (Å²) in [5, 5.41) is 21.6. The summed E-state index contributed by atoms with van der Waals surface area (Å²) in [4.78, 5) is 0. The van der Waals surface area contributed by atoms with Crippen molar-refractivity contribution >= 4 is 0 Å². The van der Waals surface area contributed by atoms with Gasteiger partial charge < -0.3 is 15.5 Å². The maximum Gasteiger partial charge on any atom is 0.0923 e. The van der Waals surface area contributed by atoms with E-state index in [2.05, 4.69) is 5.32 Å². The van der Waals surface area contributed by atoms with Crippen LogP contribution in [-0.2, 0) is 0 Å². The van der Waals surface area contributed by atoms with Gasteiger partial charge in [0.1, 0.15) is 0 Å². The molecule has 1 saturated carbocycles. The van der Waals surface area contributed by atoms with Gasteiger partial charge in [0.15, 0.2) is 0 Å². The molecule has 1 aliphatic heterocycles. The molecule has 58 valence electrons. The van der Waals surface area contributed by atoms with Crippen LogP contribution in [0.25, 0.3) is 0 Å². The molecule has 0 aromatic heterocycles. The second-order valence-electron chi connectivity index (χ2n) is 3.50. The largest absolute Gasteiger partial charge is 0.390 e. The van der Waals surface area contributed by atoms with E-state index in [1.54, 1.807) is 0 Å². The molecule has 3 N–H and O–H groups in total. The molecule has 0 aromatic carbocycles. The Kier molecular flexibility index (Phi) is 1.27. The monoisotopic (exact) mass is 143 g/mol. The number of nitrogens with one attached hydrogen (secondary N) is 1. The minimum Gasteiger partial charge on any atom is -0.390 e. The SMILES string of the molecule is OC1CNC2(CC2)CC1O. The molecule has 2 aliphatic rings. The molecule has 2 fully saturated rings. The summed E-state index contributed by atoms with van der Waals surface area (Å²) < 4.78 is 0. The topological polar surface area (TPSA) is 52.5 Å². The molecule has 1 spiro atoms. The quantitative estimate of drug-likeness (QED) is 0.417. The van der Waals surface area contributed by atoms with Gasteiger partial charge in [0.25, 0.3) is 0 Å². The Morgan fingerprint density at radius 2 is 1.90 bits per heavy atom. The standard InChI is InChI=1S/C7H13NO2/c9-5-3-7(1-2-7)8-4-6(5)10/h5-6,8-10H,1-4H2.